The molecular formula is C14H10ClNO2. The molecule has 0 fully saturated rings. The first-order valence-corrected chi connectivity index (χ1v) is 5.94. The molecule has 0 spiro atoms. The number of hydrogen-bond donors (Lipinski definition) is 1. The van der Waals surface area contributed by atoms with E-state index >= 15 is 0 Å². The zero-order valence-electron chi connectivity index (χ0n) is 9.39. The second-order valence-electron chi connectivity index (χ2n) is 4.03. The first-order chi connectivity index (χ1) is 8.74. The second kappa shape index (κ2) is 4.35. The molecule has 0 radical (unpaired) electrons. The van der Waals surface area contributed by atoms with Crippen molar-refractivity contribution in [2.45, 2.75) is 6.23 Å². The maximum Gasteiger partial charge on any atom is 0.342 e. The number of nitrogens with one attached hydrogen (secondary N) is 1. The molecule has 0 saturated carbocycles. The van der Waals surface area contributed by atoms with Crippen LogP contribution in [0, 0.1) is 0 Å². The first-order valence-electron chi connectivity index (χ1n) is 5.56. The van der Waals surface area contributed by atoms with Crippen LogP contribution in [0.2, 0.25) is 5.02 Å². The van der Waals surface area contributed by atoms with Gasteiger partial charge in [0.1, 0.15) is 0 Å². The van der Waals surface area contributed by atoms with Crippen LogP contribution in [0.5, 0.6) is 0 Å². The van der Waals surface area contributed by atoms with E-state index in [1.54, 1.807) is 18.2 Å². The molecule has 1 atom stereocenters. The summed E-state index contributed by atoms with van der Waals surface area (Å²) in [6.07, 6.45) is -0.452. The van der Waals surface area contributed by atoms with Gasteiger partial charge in [0.2, 0.25) is 0 Å². The lowest BCUT2D eigenvalue weighted by molar-refractivity contribution is 0.0330. The highest BCUT2D eigenvalue weighted by Crippen LogP contribution is 2.31. The highest BCUT2D eigenvalue weighted by molar-refractivity contribution is 6.31. The van der Waals surface area contributed by atoms with Crippen molar-refractivity contribution in [3.8, 4) is 0 Å². The summed E-state index contributed by atoms with van der Waals surface area (Å²) in [4.78, 5) is 11.9. The summed E-state index contributed by atoms with van der Waals surface area (Å²) in [5.74, 6) is -0.361. The van der Waals surface area contributed by atoms with E-state index in [-0.39, 0.29) is 5.97 Å². The zero-order valence-corrected chi connectivity index (χ0v) is 10.1. The quantitative estimate of drug-likeness (QED) is 0.795. The van der Waals surface area contributed by atoms with Crippen molar-refractivity contribution in [1.82, 2.24) is 0 Å². The molecule has 1 aliphatic rings. The number of halogens is 1. The lowest BCUT2D eigenvalue weighted by atomic mass is 10.1. The van der Waals surface area contributed by atoms with Crippen LogP contribution in [0.15, 0.2) is 48.5 Å². The number of fused-ring (bicyclic) bond motifs is 1. The van der Waals surface area contributed by atoms with Crippen LogP contribution in [-0.2, 0) is 4.74 Å². The largest absolute Gasteiger partial charge is 0.434 e. The lowest BCUT2D eigenvalue weighted by Gasteiger charge is -2.27. The number of benzene rings is 2. The molecule has 1 unspecified atom stereocenters. The van der Waals surface area contributed by atoms with Crippen molar-refractivity contribution in [2.24, 2.45) is 0 Å². The Balaban J connectivity index is 1.97. The van der Waals surface area contributed by atoms with Crippen molar-refractivity contribution >= 4 is 23.3 Å². The standard InChI is InChI=1S/C14H10ClNO2/c15-10-6-7-12-11(8-10)14(17)18-13(16-12)9-4-2-1-3-5-9/h1-8,13,16H. The third kappa shape index (κ3) is 1.93. The molecule has 0 aromatic heterocycles. The molecule has 0 saturated heterocycles. The van der Waals surface area contributed by atoms with E-state index < -0.39 is 6.23 Å². The number of carbonyl (C=O) groups excluding carboxylic acids is 1. The van der Waals surface area contributed by atoms with Crippen molar-refractivity contribution in [1.29, 1.82) is 0 Å². The molecule has 18 heavy (non-hydrogen) atoms. The summed E-state index contributed by atoms with van der Waals surface area (Å²) in [6.45, 7) is 0. The SMILES string of the molecule is O=C1OC(c2ccccc2)Nc2ccc(Cl)cc21. The van der Waals surface area contributed by atoms with E-state index in [1.807, 2.05) is 30.3 Å². The molecule has 0 amide bonds. The van der Waals surface area contributed by atoms with Gasteiger partial charge in [-0.05, 0) is 18.2 Å². The molecule has 3 rings (SSSR count). The maximum absolute atomic E-state index is 11.9. The number of rotatable bonds is 1. The van der Waals surface area contributed by atoms with Crippen molar-refractivity contribution < 1.29 is 9.53 Å². The minimum Gasteiger partial charge on any atom is -0.434 e. The number of ether oxygens (including phenoxy) is 1. The van der Waals surface area contributed by atoms with E-state index in [9.17, 15) is 4.79 Å². The van der Waals surface area contributed by atoms with E-state index in [4.69, 9.17) is 16.3 Å². The summed E-state index contributed by atoms with van der Waals surface area (Å²) in [5, 5.41) is 3.69. The molecular weight excluding hydrogens is 250 g/mol. The van der Waals surface area contributed by atoms with Gasteiger partial charge in [-0.1, -0.05) is 41.9 Å². The van der Waals surface area contributed by atoms with Gasteiger partial charge >= 0.3 is 5.97 Å². The Morgan fingerprint density at radius 2 is 1.89 bits per heavy atom. The molecule has 1 aliphatic heterocycles. The van der Waals surface area contributed by atoms with E-state index in [1.165, 1.54) is 0 Å². The Morgan fingerprint density at radius 3 is 2.67 bits per heavy atom. The van der Waals surface area contributed by atoms with Crippen molar-refractivity contribution in [2.75, 3.05) is 5.32 Å². The fourth-order valence-corrected chi connectivity index (χ4v) is 2.10. The average molecular weight is 260 g/mol. The van der Waals surface area contributed by atoms with Crippen LogP contribution >= 0.6 is 11.6 Å². The highest BCUT2D eigenvalue weighted by Gasteiger charge is 2.26. The summed E-state index contributed by atoms with van der Waals surface area (Å²) < 4.78 is 5.35. The predicted molar refractivity (Wildman–Crippen MR) is 69.7 cm³/mol. The summed E-state index contributed by atoms with van der Waals surface area (Å²) in [7, 11) is 0. The Labute approximate surface area is 109 Å². The normalized spacial score (nSPS) is 17.6. The van der Waals surface area contributed by atoms with Gasteiger partial charge in [0, 0.05) is 10.6 Å². The van der Waals surface area contributed by atoms with Crippen LogP contribution in [0.25, 0.3) is 0 Å². The third-order valence-electron chi connectivity index (χ3n) is 2.82. The monoisotopic (exact) mass is 259 g/mol. The van der Waals surface area contributed by atoms with Gasteiger partial charge in [-0.2, -0.15) is 0 Å². The van der Waals surface area contributed by atoms with Gasteiger partial charge in [0.05, 0.1) is 11.3 Å². The van der Waals surface area contributed by atoms with Crippen LogP contribution in [0.1, 0.15) is 22.1 Å². The third-order valence-corrected chi connectivity index (χ3v) is 3.05. The first kappa shape index (κ1) is 11.1. The second-order valence-corrected chi connectivity index (χ2v) is 4.47. The highest BCUT2D eigenvalue weighted by atomic mass is 35.5. The fraction of sp³-hybridized carbons (Fsp3) is 0.0714. The van der Waals surface area contributed by atoms with Gasteiger partial charge in [-0.15, -0.1) is 0 Å². The molecule has 1 heterocycles. The van der Waals surface area contributed by atoms with Gasteiger partial charge < -0.3 is 10.1 Å². The molecule has 2 aromatic carbocycles. The molecule has 1 N–H and O–H groups in total. The molecule has 4 heteroatoms. The van der Waals surface area contributed by atoms with Crippen molar-refractivity contribution in [3.05, 3.63) is 64.7 Å². The van der Waals surface area contributed by atoms with E-state index in [0.29, 0.717) is 10.6 Å². The van der Waals surface area contributed by atoms with Gasteiger partial charge in [0.15, 0.2) is 6.23 Å². The molecule has 90 valence electrons. The van der Waals surface area contributed by atoms with Gasteiger partial charge in [0.25, 0.3) is 0 Å². The number of cyclic esters (lactones) is 1. The lowest BCUT2D eigenvalue weighted by Crippen LogP contribution is -2.25. The Hall–Kier alpha value is -2.00. The molecule has 0 bridgehead atoms. The predicted octanol–water partition coefficient (Wildman–Crippen LogP) is 3.62. The minimum absolute atomic E-state index is 0.361. The maximum atomic E-state index is 11.9. The van der Waals surface area contributed by atoms with Gasteiger partial charge in [-0.25, -0.2) is 4.79 Å². The molecule has 3 nitrogen and oxygen atoms in total. The molecule has 0 aliphatic carbocycles. The number of esters is 1. The average Bonchev–Trinajstić information content (AvgIpc) is 2.40. The Kier molecular flexibility index (Phi) is 2.68. The summed E-state index contributed by atoms with van der Waals surface area (Å²) >= 11 is 5.86. The summed E-state index contributed by atoms with van der Waals surface area (Å²) in [5.41, 5.74) is 2.12. The van der Waals surface area contributed by atoms with E-state index in [0.717, 1.165) is 11.3 Å². The van der Waals surface area contributed by atoms with Crippen molar-refractivity contribution in [3.63, 3.8) is 0 Å². The number of anilines is 1. The number of hydrogen-bond acceptors (Lipinski definition) is 3. The smallest absolute Gasteiger partial charge is 0.342 e. The van der Waals surface area contributed by atoms with Gasteiger partial charge in [-0.3, -0.25) is 0 Å². The minimum atomic E-state index is -0.452. The fourth-order valence-electron chi connectivity index (χ4n) is 1.93. The molecule has 2 aromatic rings. The summed E-state index contributed by atoms with van der Waals surface area (Å²) in [6, 6.07) is 14.7. The Bertz CT molecular complexity index is 598. The van der Waals surface area contributed by atoms with Crippen LogP contribution in [-0.4, -0.2) is 5.97 Å². The van der Waals surface area contributed by atoms with Crippen LogP contribution < -0.4 is 5.32 Å². The Morgan fingerprint density at radius 1 is 1.11 bits per heavy atom. The zero-order chi connectivity index (χ0) is 12.5. The number of carbonyl (C=O) groups is 1. The van der Waals surface area contributed by atoms with Crippen LogP contribution in [0.3, 0.4) is 0 Å². The topological polar surface area (TPSA) is 38.3 Å². The van der Waals surface area contributed by atoms with E-state index in [2.05, 4.69) is 5.32 Å². The van der Waals surface area contributed by atoms with Crippen LogP contribution in [0.4, 0.5) is 5.69 Å².